The molecule has 2 unspecified atom stereocenters. The summed E-state index contributed by atoms with van der Waals surface area (Å²) in [6, 6.07) is 12.8. The van der Waals surface area contributed by atoms with Crippen LogP contribution in [0.1, 0.15) is 18.1 Å². The lowest BCUT2D eigenvalue weighted by atomic mass is 9.86. The summed E-state index contributed by atoms with van der Waals surface area (Å²) in [5.41, 5.74) is 1.74. The molecule has 0 spiro atoms. The molecule has 1 aliphatic heterocycles. The van der Waals surface area contributed by atoms with Crippen LogP contribution < -0.4 is 4.74 Å². The lowest BCUT2D eigenvalue weighted by Gasteiger charge is -2.33. The van der Waals surface area contributed by atoms with E-state index < -0.39 is 23.4 Å². The minimum atomic E-state index is -1.03. The van der Waals surface area contributed by atoms with Crippen molar-refractivity contribution in [3.63, 3.8) is 0 Å². The number of aliphatic hydroxyl groups is 1. The number of ether oxygens (including phenoxy) is 1. The summed E-state index contributed by atoms with van der Waals surface area (Å²) in [7, 11) is 1.51. The monoisotopic (exact) mass is 468 g/mol. The van der Waals surface area contributed by atoms with E-state index in [1.165, 1.54) is 18.2 Å². The number of rotatable bonds is 8. The summed E-state index contributed by atoms with van der Waals surface area (Å²) in [6.45, 7) is 3.71. The molecular weight excluding hydrogens is 439 g/mol. The first-order chi connectivity index (χ1) is 16.3. The molecule has 9 heteroatoms. The SMILES string of the molecule is COc1ccc2ncc(F)c(CCN3CC(O)C(C)(CN(Cc4ccccc4)C(=O)O)C3)c2n1. The fourth-order valence-corrected chi connectivity index (χ4v) is 4.60. The highest BCUT2D eigenvalue weighted by Gasteiger charge is 2.43. The number of β-amino-alcohol motifs (C(OH)–C–C–N with tert-alkyl or cyclic N) is 1. The number of nitrogens with zero attached hydrogens (tertiary/aromatic N) is 4. The smallest absolute Gasteiger partial charge is 0.407 e. The largest absolute Gasteiger partial charge is 0.481 e. The Labute approximate surface area is 197 Å². The Balaban J connectivity index is 1.46. The van der Waals surface area contributed by atoms with Crippen molar-refractivity contribution in [2.75, 3.05) is 33.3 Å². The minimum absolute atomic E-state index is 0.195. The van der Waals surface area contributed by atoms with Crippen molar-refractivity contribution < 1.29 is 24.1 Å². The molecule has 3 aromatic rings. The highest BCUT2D eigenvalue weighted by atomic mass is 19.1. The van der Waals surface area contributed by atoms with Crippen LogP contribution in [-0.2, 0) is 13.0 Å². The minimum Gasteiger partial charge on any atom is -0.481 e. The van der Waals surface area contributed by atoms with E-state index in [0.717, 1.165) is 5.56 Å². The molecule has 2 aromatic heterocycles. The lowest BCUT2D eigenvalue weighted by Crippen LogP contribution is -2.45. The number of aliphatic hydroxyl groups excluding tert-OH is 1. The van der Waals surface area contributed by atoms with Gasteiger partial charge in [0.15, 0.2) is 0 Å². The molecule has 2 N–H and O–H groups in total. The molecule has 0 aliphatic carbocycles. The number of pyridine rings is 2. The topological polar surface area (TPSA) is 99.0 Å². The predicted molar refractivity (Wildman–Crippen MR) is 125 cm³/mol. The van der Waals surface area contributed by atoms with Crippen LogP contribution in [0.25, 0.3) is 11.0 Å². The van der Waals surface area contributed by atoms with Gasteiger partial charge in [-0.1, -0.05) is 37.3 Å². The zero-order valence-corrected chi connectivity index (χ0v) is 19.3. The predicted octanol–water partition coefficient (Wildman–Crippen LogP) is 3.18. The standard InChI is InChI=1S/C25H29FN4O4/c1-25(16-30(24(32)33)13-17-6-4-3-5-7-17)15-29(14-21(25)31)11-10-18-19(26)12-27-20-8-9-22(34-2)28-23(18)20/h3-9,12,21,31H,10-11,13-16H2,1-2H3,(H,32,33). The number of aromatic nitrogens is 2. The third-order valence-electron chi connectivity index (χ3n) is 6.49. The highest BCUT2D eigenvalue weighted by molar-refractivity contribution is 5.78. The summed E-state index contributed by atoms with van der Waals surface area (Å²) in [6.07, 6.45) is -0.160. The van der Waals surface area contributed by atoms with Crippen molar-refractivity contribution in [3.8, 4) is 5.88 Å². The number of hydrogen-bond acceptors (Lipinski definition) is 6. The van der Waals surface area contributed by atoms with Gasteiger partial charge in [-0.2, -0.15) is 0 Å². The average molecular weight is 469 g/mol. The molecule has 1 saturated heterocycles. The third kappa shape index (κ3) is 5.10. The highest BCUT2D eigenvalue weighted by Crippen LogP contribution is 2.32. The van der Waals surface area contributed by atoms with Gasteiger partial charge in [0.2, 0.25) is 5.88 Å². The Hall–Kier alpha value is -3.30. The van der Waals surface area contributed by atoms with Gasteiger partial charge >= 0.3 is 6.09 Å². The Morgan fingerprint density at radius 1 is 1.29 bits per heavy atom. The summed E-state index contributed by atoms with van der Waals surface area (Å²) >= 11 is 0. The number of carboxylic acid groups (broad SMARTS) is 1. The van der Waals surface area contributed by atoms with Gasteiger partial charge in [-0.05, 0) is 18.1 Å². The summed E-state index contributed by atoms with van der Waals surface area (Å²) in [5.74, 6) is -0.0480. The van der Waals surface area contributed by atoms with Crippen LogP contribution in [0.4, 0.5) is 9.18 Å². The second-order valence-electron chi connectivity index (χ2n) is 9.09. The van der Waals surface area contributed by atoms with Gasteiger partial charge in [0.05, 0.1) is 30.4 Å². The maximum atomic E-state index is 14.6. The van der Waals surface area contributed by atoms with E-state index in [4.69, 9.17) is 4.74 Å². The molecule has 0 saturated carbocycles. The second-order valence-corrected chi connectivity index (χ2v) is 9.09. The Bertz CT molecular complexity index is 1160. The molecule has 2 atom stereocenters. The van der Waals surface area contributed by atoms with Crippen LogP contribution in [0.3, 0.4) is 0 Å². The van der Waals surface area contributed by atoms with Crippen LogP contribution in [0.15, 0.2) is 48.7 Å². The van der Waals surface area contributed by atoms with Crippen LogP contribution >= 0.6 is 0 Å². The van der Waals surface area contributed by atoms with Crippen LogP contribution in [0.5, 0.6) is 5.88 Å². The van der Waals surface area contributed by atoms with Gasteiger partial charge in [-0.3, -0.25) is 9.88 Å². The van der Waals surface area contributed by atoms with Gasteiger partial charge < -0.3 is 19.8 Å². The Morgan fingerprint density at radius 3 is 2.76 bits per heavy atom. The van der Waals surface area contributed by atoms with E-state index in [0.29, 0.717) is 48.5 Å². The number of hydrogen-bond donors (Lipinski definition) is 2. The van der Waals surface area contributed by atoms with Crippen molar-refractivity contribution in [3.05, 3.63) is 65.6 Å². The number of fused-ring (bicyclic) bond motifs is 1. The van der Waals surface area contributed by atoms with Gasteiger partial charge in [-0.15, -0.1) is 0 Å². The first kappa shape index (κ1) is 23.8. The molecule has 1 aromatic carbocycles. The molecule has 180 valence electrons. The van der Waals surface area contributed by atoms with Crippen LogP contribution in [0.2, 0.25) is 0 Å². The Kier molecular flexibility index (Phi) is 6.95. The first-order valence-corrected chi connectivity index (χ1v) is 11.2. The van der Waals surface area contributed by atoms with Gasteiger partial charge in [0, 0.05) is 49.8 Å². The molecule has 8 nitrogen and oxygen atoms in total. The maximum Gasteiger partial charge on any atom is 0.407 e. The van der Waals surface area contributed by atoms with Gasteiger partial charge in [0.1, 0.15) is 5.82 Å². The number of likely N-dealkylation sites (tertiary alicyclic amines) is 1. The number of halogens is 1. The van der Waals surface area contributed by atoms with E-state index in [9.17, 15) is 19.4 Å². The summed E-state index contributed by atoms with van der Waals surface area (Å²) in [4.78, 5) is 23.8. The number of amides is 1. The van der Waals surface area contributed by atoms with E-state index >= 15 is 0 Å². The summed E-state index contributed by atoms with van der Waals surface area (Å²) in [5, 5.41) is 20.6. The molecule has 3 heterocycles. The van der Waals surface area contributed by atoms with Crippen molar-refractivity contribution in [1.82, 2.24) is 19.8 Å². The Morgan fingerprint density at radius 2 is 2.06 bits per heavy atom. The first-order valence-electron chi connectivity index (χ1n) is 11.2. The third-order valence-corrected chi connectivity index (χ3v) is 6.49. The van der Waals surface area contributed by atoms with Gasteiger partial charge in [0.25, 0.3) is 0 Å². The van der Waals surface area contributed by atoms with Crippen molar-refractivity contribution in [2.45, 2.75) is 26.0 Å². The zero-order chi connectivity index (χ0) is 24.3. The molecule has 34 heavy (non-hydrogen) atoms. The number of benzene rings is 1. The molecule has 1 aliphatic rings. The summed E-state index contributed by atoms with van der Waals surface area (Å²) < 4.78 is 19.8. The lowest BCUT2D eigenvalue weighted by molar-refractivity contribution is 0.0466. The molecule has 1 fully saturated rings. The average Bonchev–Trinajstić information content (AvgIpc) is 3.11. The zero-order valence-electron chi connectivity index (χ0n) is 19.3. The number of methoxy groups -OCH3 is 1. The molecular formula is C25H29FN4O4. The second kappa shape index (κ2) is 9.90. The molecule has 4 rings (SSSR count). The van der Waals surface area contributed by atoms with Crippen LogP contribution in [0, 0.1) is 11.2 Å². The van der Waals surface area contributed by atoms with E-state index in [2.05, 4.69) is 9.97 Å². The van der Waals surface area contributed by atoms with E-state index in [-0.39, 0.29) is 13.1 Å². The van der Waals surface area contributed by atoms with Crippen molar-refractivity contribution in [1.29, 1.82) is 0 Å². The number of carbonyl (C=O) groups is 1. The fraction of sp³-hybridized carbons (Fsp3) is 0.400. The van der Waals surface area contributed by atoms with Gasteiger partial charge in [-0.25, -0.2) is 14.2 Å². The fourth-order valence-electron chi connectivity index (χ4n) is 4.60. The normalized spacial score (nSPS) is 20.5. The quantitative estimate of drug-likeness (QED) is 0.524. The van der Waals surface area contributed by atoms with Crippen LogP contribution in [-0.4, -0.2) is 75.5 Å². The van der Waals surface area contributed by atoms with Crippen molar-refractivity contribution >= 4 is 17.1 Å². The molecule has 0 bridgehead atoms. The maximum absolute atomic E-state index is 14.6. The van der Waals surface area contributed by atoms with E-state index in [1.54, 1.807) is 12.1 Å². The van der Waals surface area contributed by atoms with E-state index in [1.807, 2.05) is 42.2 Å². The molecule has 0 radical (unpaired) electrons. The molecule has 1 amide bonds. The van der Waals surface area contributed by atoms with Crippen molar-refractivity contribution in [2.24, 2.45) is 5.41 Å².